The Hall–Kier alpha value is -1.46. The van der Waals surface area contributed by atoms with Gasteiger partial charge in [-0.15, -0.1) is 0 Å². The lowest BCUT2D eigenvalue weighted by Gasteiger charge is -2.37. The van der Waals surface area contributed by atoms with Crippen LogP contribution >= 0.6 is 0 Å². The molecule has 0 aliphatic heterocycles. The average molecular weight is 264 g/mol. The molecule has 1 saturated carbocycles. The monoisotopic (exact) mass is 264 g/mol. The standard InChI is InChI=1S/C14H20N2O3/c17-10-2-9-15(13-3-1-4-13)11-12-5-7-14(8-6-12)16(18)19/h5-8,13,17H,1-4,9-11H2. The highest BCUT2D eigenvalue weighted by Crippen LogP contribution is 2.26. The predicted molar refractivity (Wildman–Crippen MR) is 72.8 cm³/mol. The van der Waals surface area contributed by atoms with Gasteiger partial charge in [0, 0.05) is 37.9 Å². The summed E-state index contributed by atoms with van der Waals surface area (Å²) in [6, 6.07) is 7.37. The number of nitrogens with zero attached hydrogens (tertiary/aromatic N) is 2. The molecule has 1 aromatic carbocycles. The van der Waals surface area contributed by atoms with E-state index in [-0.39, 0.29) is 17.2 Å². The molecule has 5 nitrogen and oxygen atoms in total. The Labute approximate surface area is 113 Å². The number of aliphatic hydroxyl groups excluding tert-OH is 1. The smallest absolute Gasteiger partial charge is 0.269 e. The molecule has 0 heterocycles. The Morgan fingerprint density at radius 3 is 2.47 bits per heavy atom. The average Bonchev–Trinajstić information content (AvgIpc) is 2.34. The summed E-state index contributed by atoms with van der Waals surface area (Å²) in [5.74, 6) is 0. The number of nitro benzene ring substituents is 1. The third kappa shape index (κ3) is 3.75. The van der Waals surface area contributed by atoms with Gasteiger partial charge in [-0.25, -0.2) is 0 Å². The molecule has 0 atom stereocenters. The second kappa shape index (κ2) is 6.63. The zero-order valence-electron chi connectivity index (χ0n) is 11.0. The van der Waals surface area contributed by atoms with Crippen molar-refractivity contribution in [3.8, 4) is 0 Å². The van der Waals surface area contributed by atoms with E-state index in [1.165, 1.54) is 19.3 Å². The van der Waals surface area contributed by atoms with Crippen LogP contribution in [0, 0.1) is 10.1 Å². The van der Waals surface area contributed by atoms with Crippen LogP contribution in [-0.4, -0.2) is 34.1 Å². The fourth-order valence-electron chi connectivity index (χ4n) is 2.37. The highest BCUT2D eigenvalue weighted by Gasteiger charge is 2.24. The Morgan fingerprint density at radius 1 is 1.32 bits per heavy atom. The van der Waals surface area contributed by atoms with Gasteiger partial charge in [0.05, 0.1) is 4.92 Å². The summed E-state index contributed by atoms with van der Waals surface area (Å²) in [6.45, 7) is 1.91. The molecule has 0 spiro atoms. The van der Waals surface area contributed by atoms with Crippen molar-refractivity contribution in [2.75, 3.05) is 13.2 Å². The van der Waals surface area contributed by atoms with E-state index in [1.807, 2.05) is 12.1 Å². The van der Waals surface area contributed by atoms with Crippen molar-refractivity contribution < 1.29 is 10.0 Å². The van der Waals surface area contributed by atoms with E-state index in [0.29, 0.717) is 6.04 Å². The molecular weight excluding hydrogens is 244 g/mol. The van der Waals surface area contributed by atoms with E-state index in [2.05, 4.69) is 4.90 Å². The van der Waals surface area contributed by atoms with E-state index in [1.54, 1.807) is 12.1 Å². The lowest BCUT2D eigenvalue weighted by Crippen LogP contribution is -2.40. The molecule has 1 aromatic rings. The first-order chi connectivity index (χ1) is 9.20. The molecule has 0 aromatic heterocycles. The van der Waals surface area contributed by atoms with Gasteiger partial charge in [-0.05, 0) is 24.8 Å². The van der Waals surface area contributed by atoms with E-state index in [4.69, 9.17) is 5.11 Å². The quantitative estimate of drug-likeness (QED) is 0.606. The molecule has 1 aliphatic rings. The highest BCUT2D eigenvalue weighted by molar-refractivity contribution is 5.32. The second-order valence-corrected chi connectivity index (χ2v) is 5.06. The van der Waals surface area contributed by atoms with E-state index in [0.717, 1.165) is 25.1 Å². The van der Waals surface area contributed by atoms with E-state index in [9.17, 15) is 10.1 Å². The van der Waals surface area contributed by atoms with Crippen molar-refractivity contribution in [1.29, 1.82) is 0 Å². The Morgan fingerprint density at radius 2 is 2.00 bits per heavy atom. The molecule has 2 rings (SSSR count). The lowest BCUT2D eigenvalue weighted by atomic mass is 9.91. The molecule has 0 radical (unpaired) electrons. The van der Waals surface area contributed by atoms with Crippen LogP contribution in [0.2, 0.25) is 0 Å². The Bertz CT molecular complexity index is 415. The maximum Gasteiger partial charge on any atom is 0.269 e. The molecule has 1 aliphatic carbocycles. The molecule has 0 unspecified atom stereocenters. The molecular formula is C14H20N2O3. The van der Waals surface area contributed by atoms with Crippen LogP contribution < -0.4 is 0 Å². The summed E-state index contributed by atoms with van der Waals surface area (Å²) in [7, 11) is 0. The second-order valence-electron chi connectivity index (χ2n) is 5.06. The number of benzene rings is 1. The van der Waals surface area contributed by atoms with Gasteiger partial charge in [0.1, 0.15) is 0 Å². The maximum atomic E-state index is 10.6. The van der Waals surface area contributed by atoms with Crippen molar-refractivity contribution in [1.82, 2.24) is 4.90 Å². The van der Waals surface area contributed by atoms with Crippen molar-refractivity contribution >= 4 is 5.69 Å². The number of hydrogen-bond donors (Lipinski definition) is 1. The van der Waals surface area contributed by atoms with Gasteiger partial charge in [0.25, 0.3) is 5.69 Å². The maximum absolute atomic E-state index is 10.6. The van der Waals surface area contributed by atoms with Gasteiger partial charge in [-0.1, -0.05) is 18.6 Å². The zero-order valence-corrected chi connectivity index (χ0v) is 11.0. The summed E-state index contributed by atoms with van der Waals surface area (Å²) in [4.78, 5) is 12.6. The minimum absolute atomic E-state index is 0.134. The van der Waals surface area contributed by atoms with Crippen LogP contribution in [0.3, 0.4) is 0 Å². The molecule has 1 fully saturated rings. The van der Waals surface area contributed by atoms with Crippen LogP contribution in [0.15, 0.2) is 24.3 Å². The van der Waals surface area contributed by atoms with Gasteiger partial charge in [-0.2, -0.15) is 0 Å². The van der Waals surface area contributed by atoms with Crippen molar-refractivity contribution in [3.63, 3.8) is 0 Å². The zero-order chi connectivity index (χ0) is 13.7. The first kappa shape index (κ1) is 14.0. The largest absolute Gasteiger partial charge is 0.396 e. The molecule has 0 bridgehead atoms. The summed E-state index contributed by atoms with van der Waals surface area (Å²) < 4.78 is 0. The van der Waals surface area contributed by atoms with Crippen molar-refractivity contribution in [2.45, 2.75) is 38.3 Å². The SMILES string of the molecule is O=[N+]([O-])c1ccc(CN(CCCO)C2CCC2)cc1. The predicted octanol–water partition coefficient (Wildman–Crippen LogP) is 2.33. The van der Waals surface area contributed by atoms with E-state index < -0.39 is 0 Å². The van der Waals surface area contributed by atoms with E-state index >= 15 is 0 Å². The fourth-order valence-corrected chi connectivity index (χ4v) is 2.37. The molecule has 1 N–H and O–H groups in total. The number of hydrogen-bond acceptors (Lipinski definition) is 4. The number of nitro groups is 1. The minimum atomic E-state index is -0.376. The van der Waals surface area contributed by atoms with Crippen LogP contribution in [0.5, 0.6) is 0 Å². The first-order valence-corrected chi connectivity index (χ1v) is 6.79. The number of rotatable bonds is 7. The van der Waals surface area contributed by atoms with Crippen molar-refractivity contribution in [3.05, 3.63) is 39.9 Å². The normalized spacial score (nSPS) is 15.5. The topological polar surface area (TPSA) is 66.6 Å². The molecule has 0 amide bonds. The minimum Gasteiger partial charge on any atom is -0.396 e. The molecule has 0 saturated heterocycles. The third-order valence-corrected chi connectivity index (χ3v) is 3.73. The van der Waals surface area contributed by atoms with Crippen LogP contribution in [0.1, 0.15) is 31.2 Å². The Balaban J connectivity index is 1.97. The van der Waals surface area contributed by atoms with Gasteiger partial charge in [0.15, 0.2) is 0 Å². The van der Waals surface area contributed by atoms with Gasteiger partial charge < -0.3 is 5.11 Å². The van der Waals surface area contributed by atoms with Gasteiger partial charge >= 0.3 is 0 Å². The van der Waals surface area contributed by atoms with Crippen LogP contribution in [0.4, 0.5) is 5.69 Å². The first-order valence-electron chi connectivity index (χ1n) is 6.79. The Kier molecular flexibility index (Phi) is 4.87. The molecule has 104 valence electrons. The van der Waals surface area contributed by atoms with Crippen LogP contribution in [-0.2, 0) is 6.54 Å². The summed E-state index contributed by atoms with van der Waals surface area (Å²) in [5.41, 5.74) is 1.23. The van der Waals surface area contributed by atoms with Crippen molar-refractivity contribution in [2.24, 2.45) is 0 Å². The highest BCUT2D eigenvalue weighted by atomic mass is 16.6. The van der Waals surface area contributed by atoms with Crippen LogP contribution in [0.25, 0.3) is 0 Å². The van der Waals surface area contributed by atoms with Gasteiger partial charge in [-0.3, -0.25) is 15.0 Å². The summed E-state index contributed by atoms with van der Waals surface area (Å²) >= 11 is 0. The molecule has 5 heteroatoms. The molecule has 19 heavy (non-hydrogen) atoms. The van der Waals surface area contributed by atoms with Gasteiger partial charge in [0.2, 0.25) is 0 Å². The summed E-state index contributed by atoms with van der Waals surface area (Å²) in [5, 5.41) is 19.6. The number of aliphatic hydroxyl groups is 1. The third-order valence-electron chi connectivity index (χ3n) is 3.73. The lowest BCUT2D eigenvalue weighted by molar-refractivity contribution is -0.384. The number of non-ortho nitro benzene ring substituents is 1. The fraction of sp³-hybridized carbons (Fsp3) is 0.571. The summed E-state index contributed by atoms with van der Waals surface area (Å²) in [6.07, 6.45) is 4.50.